The van der Waals surface area contributed by atoms with Crippen LogP contribution < -0.4 is 0 Å². The number of imidazole rings is 1. The number of aromatic nitrogens is 2. The minimum Gasteiger partial charge on any atom is -0.468 e. The van der Waals surface area contributed by atoms with Gasteiger partial charge in [-0.15, -0.1) is 11.3 Å². The Kier molecular flexibility index (Phi) is 7.34. The second-order valence-corrected chi connectivity index (χ2v) is 8.85. The van der Waals surface area contributed by atoms with E-state index in [0.717, 1.165) is 35.5 Å². The molecule has 3 rings (SSSR count). The van der Waals surface area contributed by atoms with E-state index in [4.69, 9.17) is 16.3 Å². The molecule has 0 bridgehead atoms. The first kappa shape index (κ1) is 22.5. The fraction of sp³-hybridized carbons (Fsp3) is 0.391. The van der Waals surface area contributed by atoms with Crippen molar-refractivity contribution in [2.75, 3.05) is 7.11 Å². The fourth-order valence-corrected chi connectivity index (χ4v) is 4.80. The highest BCUT2D eigenvalue weighted by Crippen LogP contribution is 2.40. The number of aliphatic hydroxyl groups is 1. The quantitative estimate of drug-likeness (QED) is 0.461. The molecule has 5 nitrogen and oxygen atoms in total. The standard InChI is InChI=1S/C23H27ClN2O3S/c1-4-5-12-20-25-14-19(26(20)15-16-9-6-7-10-17(16)24)23(2,28)21(22(27)29-3)18-11-8-13-30-18/h6-11,13-14,21,28H,4-5,12,15H2,1-3H3. The van der Waals surface area contributed by atoms with Crippen LogP contribution in [0.1, 0.15) is 54.6 Å². The van der Waals surface area contributed by atoms with Crippen molar-refractivity contribution in [3.05, 3.63) is 75.0 Å². The van der Waals surface area contributed by atoms with E-state index in [1.54, 1.807) is 13.1 Å². The van der Waals surface area contributed by atoms with Crippen molar-refractivity contribution in [1.29, 1.82) is 0 Å². The first-order valence-electron chi connectivity index (χ1n) is 10.0. The predicted octanol–water partition coefficient (Wildman–Crippen LogP) is 5.15. The Hall–Kier alpha value is -2.15. The maximum Gasteiger partial charge on any atom is 0.317 e. The van der Waals surface area contributed by atoms with Crippen LogP contribution in [0, 0.1) is 0 Å². The second-order valence-electron chi connectivity index (χ2n) is 7.46. The third kappa shape index (κ3) is 4.61. The Morgan fingerprint density at radius 2 is 2.10 bits per heavy atom. The van der Waals surface area contributed by atoms with E-state index in [9.17, 15) is 9.90 Å². The summed E-state index contributed by atoms with van der Waals surface area (Å²) in [5.41, 5.74) is -0.0218. The zero-order valence-electron chi connectivity index (χ0n) is 17.5. The van der Waals surface area contributed by atoms with Gasteiger partial charge in [-0.2, -0.15) is 0 Å². The lowest BCUT2D eigenvalue weighted by Gasteiger charge is -2.31. The molecule has 0 amide bonds. The zero-order chi connectivity index (χ0) is 21.7. The highest BCUT2D eigenvalue weighted by molar-refractivity contribution is 7.10. The Morgan fingerprint density at radius 1 is 1.33 bits per heavy atom. The predicted molar refractivity (Wildman–Crippen MR) is 120 cm³/mol. The summed E-state index contributed by atoms with van der Waals surface area (Å²) in [7, 11) is 1.34. The zero-order valence-corrected chi connectivity index (χ0v) is 19.0. The van der Waals surface area contributed by atoms with Crippen LogP contribution in [0.25, 0.3) is 0 Å². The van der Waals surface area contributed by atoms with E-state index in [-0.39, 0.29) is 0 Å². The van der Waals surface area contributed by atoms with Gasteiger partial charge in [0.25, 0.3) is 0 Å². The summed E-state index contributed by atoms with van der Waals surface area (Å²) in [6, 6.07) is 11.3. The molecule has 0 saturated heterocycles. The van der Waals surface area contributed by atoms with Crippen molar-refractivity contribution in [3.63, 3.8) is 0 Å². The second kappa shape index (κ2) is 9.77. The van der Waals surface area contributed by atoms with Crippen molar-refractivity contribution < 1.29 is 14.6 Å². The topological polar surface area (TPSA) is 64.3 Å². The number of halogens is 1. The minimum atomic E-state index is -1.52. The monoisotopic (exact) mass is 446 g/mol. The molecule has 2 heterocycles. The highest BCUT2D eigenvalue weighted by Gasteiger charge is 2.44. The molecular weight excluding hydrogens is 420 g/mol. The maximum atomic E-state index is 12.7. The number of carbonyl (C=O) groups is 1. The largest absolute Gasteiger partial charge is 0.468 e. The van der Waals surface area contributed by atoms with Crippen LogP contribution in [0.3, 0.4) is 0 Å². The van der Waals surface area contributed by atoms with Gasteiger partial charge in [-0.3, -0.25) is 4.79 Å². The summed E-state index contributed by atoms with van der Waals surface area (Å²) < 4.78 is 7.04. The molecule has 0 spiro atoms. The highest BCUT2D eigenvalue weighted by atomic mass is 35.5. The Bertz CT molecular complexity index is 982. The number of nitrogens with zero attached hydrogens (tertiary/aromatic N) is 2. The number of unbranched alkanes of at least 4 members (excludes halogenated alkanes) is 1. The molecule has 0 saturated carbocycles. The van der Waals surface area contributed by atoms with E-state index in [1.807, 2.05) is 46.3 Å². The summed E-state index contributed by atoms with van der Waals surface area (Å²) >= 11 is 7.83. The molecule has 30 heavy (non-hydrogen) atoms. The lowest BCUT2D eigenvalue weighted by atomic mass is 9.85. The smallest absolute Gasteiger partial charge is 0.317 e. The van der Waals surface area contributed by atoms with Crippen LogP contribution >= 0.6 is 22.9 Å². The van der Waals surface area contributed by atoms with Crippen LogP contribution in [-0.4, -0.2) is 27.7 Å². The van der Waals surface area contributed by atoms with Gasteiger partial charge >= 0.3 is 5.97 Å². The van der Waals surface area contributed by atoms with Crippen LogP contribution in [-0.2, 0) is 28.1 Å². The number of hydrogen-bond acceptors (Lipinski definition) is 5. The van der Waals surface area contributed by atoms with E-state index < -0.39 is 17.5 Å². The van der Waals surface area contributed by atoms with Gasteiger partial charge in [-0.1, -0.05) is 49.2 Å². The number of esters is 1. The molecule has 1 N–H and O–H groups in total. The maximum absolute atomic E-state index is 12.7. The lowest BCUT2D eigenvalue weighted by Crippen LogP contribution is -2.37. The number of rotatable bonds is 9. The first-order chi connectivity index (χ1) is 14.4. The summed E-state index contributed by atoms with van der Waals surface area (Å²) in [5.74, 6) is -0.479. The van der Waals surface area contributed by atoms with Gasteiger partial charge in [-0.25, -0.2) is 4.98 Å². The normalized spacial score (nSPS) is 14.3. The Balaban J connectivity index is 2.10. The summed E-state index contributed by atoms with van der Waals surface area (Å²) in [4.78, 5) is 18.1. The molecule has 2 aromatic heterocycles. The van der Waals surface area contributed by atoms with E-state index in [1.165, 1.54) is 18.4 Å². The molecule has 2 atom stereocenters. The van der Waals surface area contributed by atoms with Gasteiger partial charge in [0.1, 0.15) is 17.3 Å². The number of benzene rings is 1. The SMILES string of the molecule is CCCCc1ncc(C(C)(O)C(C(=O)OC)c2cccs2)n1Cc1ccccc1Cl. The van der Waals surface area contributed by atoms with E-state index in [2.05, 4.69) is 11.9 Å². The van der Waals surface area contributed by atoms with Crippen LogP contribution in [0.4, 0.5) is 0 Å². The third-order valence-corrected chi connectivity index (χ3v) is 6.63. The number of carbonyl (C=O) groups excluding carboxylic acids is 1. The van der Waals surface area contributed by atoms with E-state index >= 15 is 0 Å². The molecule has 0 aliphatic heterocycles. The van der Waals surface area contributed by atoms with Gasteiger partial charge in [0.05, 0.1) is 25.5 Å². The number of ether oxygens (including phenoxy) is 1. The van der Waals surface area contributed by atoms with Crippen LogP contribution in [0.15, 0.2) is 48.0 Å². The Morgan fingerprint density at radius 3 is 2.73 bits per heavy atom. The molecule has 0 aliphatic rings. The number of thiophene rings is 1. The van der Waals surface area contributed by atoms with Gasteiger partial charge in [0, 0.05) is 16.3 Å². The van der Waals surface area contributed by atoms with Crippen molar-refractivity contribution in [2.45, 2.75) is 51.2 Å². The minimum absolute atomic E-state index is 0.461. The summed E-state index contributed by atoms with van der Waals surface area (Å²) in [6.45, 7) is 4.24. The van der Waals surface area contributed by atoms with Crippen LogP contribution in [0.2, 0.25) is 5.02 Å². The van der Waals surface area contributed by atoms with Crippen molar-refractivity contribution in [1.82, 2.24) is 9.55 Å². The van der Waals surface area contributed by atoms with Crippen molar-refractivity contribution in [3.8, 4) is 0 Å². The molecule has 1 aromatic carbocycles. The van der Waals surface area contributed by atoms with E-state index in [0.29, 0.717) is 17.3 Å². The van der Waals surface area contributed by atoms with Crippen molar-refractivity contribution >= 4 is 28.9 Å². The fourth-order valence-electron chi connectivity index (χ4n) is 3.67. The average molecular weight is 447 g/mol. The van der Waals surface area contributed by atoms with Gasteiger partial charge in [-0.05, 0) is 36.4 Å². The molecule has 0 radical (unpaired) electrons. The van der Waals surface area contributed by atoms with Crippen molar-refractivity contribution in [2.24, 2.45) is 0 Å². The van der Waals surface area contributed by atoms with Gasteiger partial charge < -0.3 is 14.4 Å². The summed E-state index contributed by atoms with van der Waals surface area (Å²) in [5, 5.41) is 14.2. The number of aryl methyl sites for hydroxylation is 1. The molecule has 0 fully saturated rings. The molecule has 3 aromatic rings. The first-order valence-corrected chi connectivity index (χ1v) is 11.3. The average Bonchev–Trinajstić information content (AvgIpc) is 3.38. The molecular formula is C23H27ClN2O3S. The Labute approximate surface area is 186 Å². The molecule has 0 aliphatic carbocycles. The van der Waals surface area contributed by atoms with Gasteiger partial charge in [0.15, 0.2) is 0 Å². The number of hydrogen-bond donors (Lipinski definition) is 1. The lowest BCUT2D eigenvalue weighted by molar-refractivity contribution is -0.149. The molecule has 7 heteroatoms. The van der Waals surface area contributed by atoms with Gasteiger partial charge in [0.2, 0.25) is 0 Å². The summed E-state index contributed by atoms with van der Waals surface area (Å²) in [6.07, 6.45) is 4.46. The number of methoxy groups -OCH3 is 1. The molecule has 160 valence electrons. The van der Waals surface area contributed by atoms with Crippen LogP contribution in [0.5, 0.6) is 0 Å². The molecule has 2 unspecified atom stereocenters. The third-order valence-electron chi connectivity index (χ3n) is 5.32.